The van der Waals surface area contributed by atoms with Gasteiger partial charge in [-0.3, -0.25) is 4.57 Å². The molecule has 0 saturated heterocycles. The van der Waals surface area contributed by atoms with E-state index in [1.54, 1.807) is 35.3 Å². The van der Waals surface area contributed by atoms with Crippen molar-refractivity contribution in [3.63, 3.8) is 0 Å². The number of hydrogen-bond donors (Lipinski definition) is 1. The Morgan fingerprint density at radius 3 is 2.93 bits per heavy atom. The van der Waals surface area contributed by atoms with Crippen LogP contribution in [-0.4, -0.2) is 14.5 Å². The minimum atomic E-state index is 0.361. The number of nitrogens with two attached hydrogens (primary N) is 1. The topological polar surface area (TPSA) is 56.7 Å². The van der Waals surface area contributed by atoms with E-state index >= 15 is 0 Å². The summed E-state index contributed by atoms with van der Waals surface area (Å²) in [4.78, 5) is 8.26. The van der Waals surface area contributed by atoms with Gasteiger partial charge in [0.2, 0.25) is 0 Å². The Kier molecular flexibility index (Phi) is 2.47. The van der Waals surface area contributed by atoms with Crippen LogP contribution in [0.25, 0.3) is 5.82 Å². The van der Waals surface area contributed by atoms with E-state index in [-0.39, 0.29) is 0 Å². The first-order valence-electron chi connectivity index (χ1n) is 4.16. The number of rotatable bonds is 2. The molecule has 0 bridgehead atoms. The maximum absolute atomic E-state index is 5.99. The molecule has 0 saturated carbocycles. The number of halogens is 1. The third kappa shape index (κ3) is 1.49. The van der Waals surface area contributed by atoms with Gasteiger partial charge in [0.05, 0.1) is 11.6 Å². The van der Waals surface area contributed by atoms with Crippen molar-refractivity contribution in [3.05, 3.63) is 41.6 Å². The van der Waals surface area contributed by atoms with Gasteiger partial charge >= 0.3 is 0 Å². The highest BCUT2D eigenvalue weighted by Gasteiger charge is 2.06. The predicted octanol–water partition coefficient (Wildman–Crippen LogP) is 1.38. The maximum Gasteiger partial charge on any atom is 0.156 e. The summed E-state index contributed by atoms with van der Waals surface area (Å²) >= 11 is 5.99. The highest BCUT2D eigenvalue weighted by molar-refractivity contribution is 6.32. The van der Waals surface area contributed by atoms with Crippen LogP contribution in [0.15, 0.2) is 30.7 Å². The number of pyridine rings is 1. The van der Waals surface area contributed by atoms with Crippen LogP contribution >= 0.6 is 11.6 Å². The lowest BCUT2D eigenvalue weighted by molar-refractivity contribution is 0.848. The highest BCUT2D eigenvalue weighted by atomic mass is 35.5. The van der Waals surface area contributed by atoms with Gasteiger partial charge in [0.25, 0.3) is 0 Å². The number of nitrogens with zero attached hydrogens (tertiary/aromatic N) is 3. The molecule has 0 unspecified atom stereocenters. The number of hydrogen-bond acceptors (Lipinski definition) is 3. The first kappa shape index (κ1) is 9.18. The number of imidazole rings is 1. The van der Waals surface area contributed by atoms with E-state index in [4.69, 9.17) is 17.3 Å². The van der Waals surface area contributed by atoms with Gasteiger partial charge in [-0.05, 0) is 12.1 Å². The zero-order valence-corrected chi connectivity index (χ0v) is 8.15. The van der Waals surface area contributed by atoms with E-state index in [0.29, 0.717) is 17.4 Å². The van der Waals surface area contributed by atoms with E-state index in [9.17, 15) is 0 Å². The quantitative estimate of drug-likeness (QED) is 0.811. The first-order chi connectivity index (χ1) is 6.83. The SMILES string of the molecule is NCc1nccn1-c1ncccc1Cl. The lowest BCUT2D eigenvalue weighted by Crippen LogP contribution is -2.07. The number of aromatic nitrogens is 3. The third-order valence-corrected chi connectivity index (χ3v) is 2.16. The maximum atomic E-state index is 5.99. The first-order valence-corrected chi connectivity index (χ1v) is 4.54. The second-order valence-electron chi connectivity index (χ2n) is 2.73. The Morgan fingerprint density at radius 1 is 1.36 bits per heavy atom. The summed E-state index contributed by atoms with van der Waals surface area (Å²) in [5.74, 6) is 1.40. The molecule has 0 aliphatic heterocycles. The fourth-order valence-corrected chi connectivity index (χ4v) is 1.45. The van der Waals surface area contributed by atoms with Crippen molar-refractivity contribution in [1.29, 1.82) is 0 Å². The molecule has 14 heavy (non-hydrogen) atoms. The molecule has 2 aromatic heterocycles. The molecule has 0 aliphatic carbocycles. The lowest BCUT2D eigenvalue weighted by atomic mass is 10.4. The molecule has 2 N–H and O–H groups in total. The van der Waals surface area contributed by atoms with Gasteiger partial charge in [-0.2, -0.15) is 0 Å². The molecular formula is C9H9ClN4. The molecule has 0 amide bonds. The summed E-state index contributed by atoms with van der Waals surface area (Å²) in [6.07, 6.45) is 5.14. The van der Waals surface area contributed by atoms with Crippen molar-refractivity contribution in [2.45, 2.75) is 6.54 Å². The second kappa shape index (κ2) is 3.77. The summed E-state index contributed by atoms with van der Waals surface area (Å²) < 4.78 is 1.78. The van der Waals surface area contributed by atoms with Gasteiger partial charge in [0.15, 0.2) is 5.82 Å². The summed E-state index contributed by atoms with van der Waals surface area (Å²) in [6.45, 7) is 0.361. The molecule has 0 aliphatic rings. The monoisotopic (exact) mass is 208 g/mol. The minimum absolute atomic E-state index is 0.361. The molecule has 0 atom stereocenters. The zero-order chi connectivity index (χ0) is 9.97. The highest BCUT2D eigenvalue weighted by Crippen LogP contribution is 2.17. The molecule has 4 nitrogen and oxygen atoms in total. The van der Waals surface area contributed by atoms with Crippen molar-refractivity contribution >= 4 is 11.6 Å². The minimum Gasteiger partial charge on any atom is -0.324 e. The Bertz CT molecular complexity index is 438. The molecule has 72 valence electrons. The van der Waals surface area contributed by atoms with Crippen LogP contribution in [0.2, 0.25) is 5.02 Å². The fourth-order valence-electron chi connectivity index (χ4n) is 1.23. The van der Waals surface area contributed by atoms with Gasteiger partial charge in [-0.1, -0.05) is 11.6 Å². The van der Waals surface area contributed by atoms with E-state index < -0.39 is 0 Å². The second-order valence-corrected chi connectivity index (χ2v) is 3.13. The van der Waals surface area contributed by atoms with Crippen LogP contribution in [0.4, 0.5) is 0 Å². The van der Waals surface area contributed by atoms with Crippen LogP contribution in [0.1, 0.15) is 5.82 Å². The Labute approximate surface area is 86.4 Å². The standard InChI is InChI=1S/C9H9ClN4/c10-7-2-1-3-13-9(7)14-5-4-12-8(14)6-11/h1-5H,6,11H2. The molecule has 0 spiro atoms. The average molecular weight is 209 g/mol. The molecule has 0 aromatic carbocycles. The van der Waals surface area contributed by atoms with Crippen LogP contribution in [0.3, 0.4) is 0 Å². The van der Waals surface area contributed by atoms with Crippen molar-refractivity contribution in [2.24, 2.45) is 5.73 Å². The Balaban J connectivity index is 2.54. The van der Waals surface area contributed by atoms with Crippen molar-refractivity contribution in [2.75, 3.05) is 0 Å². The van der Waals surface area contributed by atoms with E-state index in [1.807, 2.05) is 0 Å². The van der Waals surface area contributed by atoms with E-state index in [0.717, 1.165) is 5.82 Å². The molecule has 0 radical (unpaired) electrons. The lowest BCUT2D eigenvalue weighted by Gasteiger charge is -2.06. The largest absolute Gasteiger partial charge is 0.324 e. The van der Waals surface area contributed by atoms with E-state index in [1.165, 1.54) is 0 Å². The molecule has 2 aromatic rings. The fraction of sp³-hybridized carbons (Fsp3) is 0.111. The summed E-state index contributed by atoms with van der Waals surface area (Å²) in [5.41, 5.74) is 5.53. The van der Waals surface area contributed by atoms with Gasteiger partial charge in [0, 0.05) is 18.6 Å². The van der Waals surface area contributed by atoms with Gasteiger partial charge in [-0.25, -0.2) is 9.97 Å². The van der Waals surface area contributed by atoms with Crippen LogP contribution < -0.4 is 5.73 Å². The molecule has 0 fully saturated rings. The molecule has 2 rings (SSSR count). The summed E-state index contributed by atoms with van der Waals surface area (Å²) in [5, 5.41) is 0.584. The van der Waals surface area contributed by atoms with Crippen molar-refractivity contribution in [1.82, 2.24) is 14.5 Å². The normalized spacial score (nSPS) is 10.4. The smallest absolute Gasteiger partial charge is 0.156 e. The average Bonchev–Trinajstić information content (AvgIpc) is 2.66. The summed E-state index contributed by atoms with van der Waals surface area (Å²) in [7, 11) is 0. The zero-order valence-electron chi connectivity index (χ0n) is 7.39. The third-order valence-electron chi connectivity index (χ3n) is 1.87. The van der Waals surface area contributed by atoms with Crippen molar-refractivity contribution < 1.29 is 0 Å². The van der Waals surface area contributed by atoms with Gasteiger partial charge in [0.1, 0.15) is 5.82 Å². The molecule has 5 heteroatoms. The van der Waals surface area contributed by atoms with Gasteiger partial charge < -0.3 is 5.73 Å². The van der Waals surface area contributed by atoms with Crippen LogP contribution in [-0.2, 0) is 6.54 Å². The predicted molar refractivity (Wildman–Crippen MR) is 54.3 cm³/mol. The van der Waals surface area contributed by atoms with Crippen LogP contribution in [0, 0.1) is 0 Å². The molecular weight excluding hydrogens is 200 g/mol. The van der Waals surface area contributed by atoms with Crippen molar-refractivity contribution in [3.8, 4) is 5.82 Å². The van der Waals surface area contributed by atoms with Crippen LogP contribution in [0.5, 0.6) is 0 Å². The Hall–Kier alpha value is -1.39. The summed E-state index contributed by atoms with van der Waals surface area (Å²) in [6, 6.07) is 3.56. The Morgan fingerprint density at radius 2 is 2.21 bits per heavy atom. The van der Waals surface area contributed by atoms with E-state index in [2.05, 4.69) is 9.97 Å². The molecule has 2 heterocycles. The van der Waals surface area contributed by atoms with Gasteiger partial charge in [-0.15, -0.1) is 0 Å².